The van der Waals surface area contributed by atoms with E-state index in [2.05, 4.69) is 4.72 Å². The molecule has 164 valence electrons. The highest BCUT2D eigenvalue weighted by Crippen LogP contribution is 2.47. The van der Waals surface area contributed by atoms with E-state index in [0.717, 1.165) is 21.2 Å². The number of carbonyl (C=O) groups is 2. The second-order valence-electron chi connectivity index (χ2n) is 6.87. The number of nitrogens with one attached hydrogen (secondary N) is 1. The molecule has 0 saturated carbocycles. The maximum atomic E-state index is 13.1. The van der Waals surface area contributed by atoms with E-state index in [1.165, 1.54) is 24.3 Å². The average Bonchev–Trinajstić information content (AvgIpc) is 2.80. The summed E-state index contributed by atoms with van der Waals surface area (Å²) in [5.74, 6) is -1.19. The molecule has 0 unspecified atom stereocenters. The van der Waals surface area contributed by atoms with E-state index in [-0.39, 0.29) is 17.0 Å². The van der Waals surface area contributed by atoms with Crippen LogP contribution in [-0.4, -0.2) is 33.4 Å². The van der Waals surface area contributed by atoms with E-state index in [1.807, 2.05) is 48.5 Å². The van der Waals surface area contributed by atoms with E-state index in [1.54, 1.807) is 23.6 Å². The van der Waals surface area contributed by atoms with Gasteiger partial charge in [0.1, 0.15) is 0 Å². The zero-order valence-corrected chi connectivity index (χ0v) is 18.8. The van der Waals surface area contributed by atoms with Crippen LogP contribution in [0.25, 0.3) is 0 Å². The van der Waals surface area contributed by atoms with Gasteiger partial charge in [0.05, 0.1) is 21.8 Å². The lowest BCUT2D eigenvalue weighted by atomic mass is 10.2. The molecular weight excluding hydrogens is 448 g/mol. The molecule has 0 saturated heterocycles. The zero-order valence-electron chi connectivity index (χ0n) is 17.1. The van der Waals surface area contributed by atoms with Gasteiger partial charge in [-0.3, -0.25) is 9.69 Å². The standard InChI is InChI=1S/C23H20N2O5S2/c1-2-24-32(28,29)17-9-7-8-16(14-17)23(27)30-15-22(26)25-18-10-3-5-12-20(18)31-21-13-6-4-11-19(21)25/h3-14,24H,2,15H2,1H3. The minimum atomic E-state index is -3.72. The zero-order chi connectivity index (χ0) is 22.7. The normalized spacial score (nSPS) is 12.6. The number of ether oxygens (including phenoxy) is 1. The summed E-state index contributed by atoms with van der Waals surface area (Å²) in [6.45, 7) is 1.40. The van der Waals surface area contributed by atoms with Crippen LogP contribution >= 0.6 is 11.8 Å². The number of hydrogen-bond donors (Lipinski definition) is 1. The van der Waals surface area contributed by atoms with Crippen LogP contribution in [0, 0.1) is 0 Å². The van der Waals surface area contributed by atoms with Crippen LogP contribution in [0.1, 0.15) is 17.3 Å². The number of anilines is 2. The maximum absolute atomic E-state index is 13.1. The minimum absolute atomic E-state index is 0.0453. The molecule has 1 N–H and O–H groups in total. The summed E-state index contributed by atoms with van der Waals surface area (Å²) < 4.78 is 32.0. The van der Waals surface area contributed by atoms with Gasteiger partial charge in [-0.1, -0.05) is 49.0 Å². The van der Waals surface area contributed by atoms with Gasteiger partial charge >= 0.3 is 5.97 Å². The molecule has 0 aliphatic carbocycles. The first-order valence-corrected chi connectivity index (χ1v) is 12.2. The number of sulfonamides is 1. The first-order valence-electron chi connectivity index (χ1n) is 9.86. The lowest BCUT2D eigenvalue weighted by Crippen LogP contribution is -2.32. The summed E-state index contributed by atoms with van der Waals surface area (Å²) in [6.07, 6.45) is 0. The van der Waals surface area contributed by atoms with E-state index >= 15 is 0 Å². The molecule has 32 heavy (non-hydrogen) atoms. The van der Waals surface area contributed by atoms with Crippen molar-refractivity contribution in [1.29, 1.82) is 0 Å². The van der Waals surface area contributed by atoms with Crippen molar-refractivity contribution in [3.63, 3.8) is 0 Å². The smallest absolute Gasteiger partial charge is 0.338 e. The van der Waals surface area contributed by atoms with Crippen molar-refractivity contribution in [3.8, 4) is 0 Å². The molecule has 0 fully saturated rings. The Hall–Kier alpha value is -3.14. The molecule has 0 atom stereocenters. The number of hydrogen-bond acceptors (Lipinski definition) is 6. The van der Waals surface area contributed by atoms with Gasteiger partial charge in [0.15, 0.2) is 6.61 Å². The van der Waals surface area contributed by atoms with Crippen LogP contribution < -0.4 is 9.62 Å². The van der Waals surface area contributed by atoms with E-state index in [4.69, 9.17) is 4.74 Å². The Morgan fingerprint density at radius 2 is 1.56 bits per heavy atom. The summed E-state index contributed by atoms with van der Waals surface area (Å²) in [6, 6.07) is 20.5. The number of nitrogens with zero attached hydrogens (tertiary/aromatic N) is 1. The quantitative estimate of drug-likeness (QED) is 0.551. The van der Waals surface area contributed by atoms with Crippen LogP contribution in [0.3, 0.4) is 0 Å². The number of benzene rings is 3. The molecule has 1 aliphatic heterocycles. The number of carbonyl (C=O) groups excluding carboxylic acids is 2. The largest absolute Gasteiger partial charge is 0.452 e. The van der Waals surface area contributed by atoms with Gasteiger partial charge in [-0.2, -0.15) is 0 Å². The van der Waals surface area contributed by atoms with E-state index < -0.39 is 28.5 Å². The molecular formula is C23H20N2O5S2. The molecule has 3 aromatic rings. The lowest BCUT2D eigenvalue weighted by molar-refractivity contribution is -0.121. The SMILES string of the molecule is CCNS(=O)(=O)c1cccc(C(=O)OCC(=O)N2c3ccccc3Sc3ccccc32)c1. The highest BCUT2D eigenvalue weighted by atomic mass is 32.2. The van der Waals surface area contributed by atoms with Crippen LogP contribution in [0.4, 0.5) is 11.4 Å². The summed E-state index contributed by atoms with van der Waals surface area (Å²) in [5, 5.41) is 0. The molecule has 9 heteroatoms. The topological polar surface area (TPSA) is 92.8 Å². The molecule has 1 heterocycles. The van der Waals surface area contributed by atoms with Crippen molar-refractivity contribution >= 4 is 45.0 Å². The van der Waals surface area contributed by atoms with Crippen molar-refractivity contribution < 1.29 is 22.7 Å². The Balaban J connectivity index is 1.54. The molecule has 0 bridgehead atoms. The van der Waals surface area contributed by atoms with Gasteiger partial charge in [-0.15, -0.1) is 0 Å². The Morgan fingerprint density at radius 1 is 0.938 bits per heavy atom. The Bertz CT molecular complexity index is 1250. The summed E-state index contributed by atoms with van der Waals surface area (Å²) in [5.41, 5.74) is 1.48. The first-order chi connectivity index (χ1) is 15.4. The lowest BCUT2D eigenvalue weighted by Gasteiger charge is -2.30. The van der Waals surface area contributed by atoms with Crippen LogP contribution in [0.15, 0.2) is 87.5 Å². The van der Waals surface area contributed by atoms with Gasteiger partial charge in [0.25, 0.3) is 5.91 Å². The summed E-state index contributed by atoms with van der Waals surface area (Å²) in [7, 11) is -3.72. The third-order valence-electron chi connectivity index (χ3n) is 4.72. The van der Waals surface area contributed by atoms with Gasteiger partial charge in [-0.05, 0) is 42.5 Å². The molecule has 3 aromatic carbocycles. The number of para-hydroxylation sites is 2. The molecule has 0 radical (unpaired) electrons. The van der Waals surface area contributed by atoms with Crippen LogP contribution in [0.2, 0.25) is 0 Å². The van der Waals surface area contributed by atoms with Crippen molar-refractivity contribution in [1.82, 2.24) is 4.72 Å². The Kier molecular flexibility index (Phi) is 6.31. The number of rotatable bonds is 6. The van der Waals surface area contributed by atoms with Crippen molar-refractivity contribution in [2.24, 2.45) is 0 Å². The van der Waals surface area contributed by atoms with Crippen molar-refractivity contribution in [3.05, 3.63) is 78.4 Å². The average molecular weight is 469 g/mol. The van der Waals surface area contributed by atoms with Gasteiger partial charge in [0, 0.05) is 16.3 Å². The van der Waals surface area contributed by atoms with Crippen molar-refractivity contribution in [2.75, 3.05) is 18.1 Å². The Morgan fingerprint density at radius 3 is 2.19 bits per heavy atom. The first kappa shape index (κ1) is 22.1. The predicted octanol–water partition coefficient (Wildman–Crippen LogP) is 3.97. The summed E-state index contributed by atoms with van der Waals surface area (Å²) in [4.78, 5) is 29.0. The third kappa shape index (κ3) is 4.40. The maximum Gasteiger partial charge on any atom is 0.338 e. The van der Waals surface area contributed by atoms with E-state index in [0.29, 0.717) is 0 Å². The third-order valence-corrected chi connectivity index (χ3v) is 7.40. The van der Waals surface area contributed by atoms with Gasteiger partial charge < -0.3 is 4.74 Å². The van der Waals surface area contributed by atoms with Gasteiger partial charge in [-0.25, -0.2) is 17.9 Å². The highest BCUT2D eigenvalue weighted by Gasteiger charge is 2.28. The van der Waals surface area contributed by atoms with Crippen molar-refractivity contribution in [2.45, 2.75) is 21.6 Å². The fraction of sp³-hybridized carbons (Fsp3) is 0.130. The minimum Gasteiger partial charge on any atom is -0.452 e. The van der Waals surface area contributed by atoms with Gasteiger partial charge in [0.2, 0.25) is 10.0 Å². The molecule has 1 amide bonds. The highest BCUT2D eigenvalue weighted by molar-refractivity contribution is 7.99. The fourth-order valence-electron chi connectivity index (χ4n) is 3.31. The second-order valence-corrected chi connectivity index (χ2v) is 9.72. The molecule has 4 rings (SSSR count). The Labute approximate surface area is 190 Å². The number of esters is 1. The molecule has 7 nitrogen and oxygen atoms in total. The number of amides is 1. The molecule has 0 spiro atoms. The van der Waals surface area contributed by atoms with Crippen LogP contribution in [-0.2, 0) is 19.6 Å². The van der Waals surface area contributed by atoms with Crippen LogP contribution in [0.5, 0.6) is 0 Å². The fourth-order valence-corrected chi connectivity index (χ4v) is 5.46. The monoisotopic (exact) mass is 468 g/mol. The molecule has 1 aliphatic rings. The number of fused-ring (bicyclic) bond motifs is 2. The molecule has 0 aromatic heterocycles. The second kappa shape index (κ2) is 9.15. The summed E-state index contributed by atoms with van der Waals surface area (Å²) >= 11 is 1.57. The van der Waals surface area contributed by atoms with E-state index in [9.17, 15) is 18.0 Å². The predicted molar refractivity (Wildman–Crippen MR) is 122 cm³/mol.